The number of carbonyl (C=O) groups excluding carboxylic acids is 1. The van der Waals surface area contributed by atoms with Gasteiger partial charge in [-0.1, -0.05) is 36.4 Å². The highest BCUT2D eigenvalue weighted by Gasteiger charge is 2.27. The first-order valence-corrected chi connectivity index (χ1v) is 12.3. The summed E-state index contributed by atoms with van der Waals surface area (Å²) in [5.74, 6) is 1.23. The lowest BCUT2D eigenvalue weighted by Crippen LogP contribution is -2.45. The van der Waals surface area contributed by atoms with Crippen LogP contribution in [0.15, 0.2) is 52.6 Å². The second kappa shape index (κ2) is 11.0. The van der Waals surface area contributed by atoms with Crippen molar-refractivity contribution in [2.75, 3.05) is 37.6 Å². The van der Waals surface area contributed by atoms with Gasteiger partial charge in [-0.3, -0.25) is 9.69 Å². The highest BCUT2D eigenvalue weighted by molar-refractivity contribution is 7.99. The number of aromatic nitrogens is 2. The Hall–Kier alpha value is -2.12. The van der Waals surface area contributed by atoms with Crippen molar-refractivity contribution in [3.05, 3.63) is 42.7 Å². The molecule has 1 atom stereocenters. The Morgan fingerprint density at radius 2 is 1.84 bits per heavy atom. The summed E-state index contributed by atoms with van der Waals surface area (Å²) < 4.78 is 0. The van der Waals surface area contributed by atoms with E-state index in [0.29, 0.717) is 6.04 Å². The van der Waals surface area contributed by atoms with E-state index in [2.05, 4.69) is 44.1 Å². The van der Waals surface area contributed by atoms with Crippen LogP contribution < -0.4 is 10.2 Å². The van der Waals surface area contributed by atoms with Crippen LogP contribution in [0.2, 0.25) is 0 Å². The van der Waals surface area contributed by atoms with E-state index in [1.54, 1.807) is 24.2 Å². The Labute approximate surface area is 189 Å². The van der Waals surface area contributed by atoms with E-state index < -0.39 is 0 Å². The fourth-order valence-electron chi connectivity index (χ4n) is 4.52. The Balaban J connectivity index is 1.26. The zero-order valence-electron chi connectivity index (χ0n) is 18.4. The van der Waals surface area contributed by atoms with Crippen molar-refractivity contribution in [2.24, 2.45) is 5.92 Å². The molecular weight excluding hydrogens is 406 g/mol. The fraction of sp³-hybridized carbons (Fsp3) is 0.542. The lowest BCUT2D eigenvalue weighted by molar-refractivity contribution is -0.125. The Morgan fingerprint density at radius 1 is 1.06 bits per heavy atom. The fourth-order valence-corrected chi connectivity index (χ4v) is 5.42. The summed E-state index contributed by atoms with van der Waals surface area (Å²) in [5, 5.41) is 4.11. The van der Waals surface area contributed by atoms with Gasteiger partial charge in [-0.2, -0.15) is 0 Å². The summed E-state index contributed by atoms with van der Waals surface area (Å²) in [5.41, 5.74) is 0. The molecule has 166 valence electrons. The van der Waals surface area contributed by atoms with Gasteiger partial charge in [0.1, 0.15) is 5.03 Å². The van der Waals surface area contributed by atoms with Crippen LogP contribution in [0.3, 0.4) is 0 Å². The molecule has 1 aromatic carbocycles. The molecule has 2 saturated heterocycles. The molecule has 2 aliphatic rings. The first-order chi connectivity index (χ1) is 15.2. The number of piperidine rings is 2. The molecule has 0 aliphatic carbocycles. The molecule has 0 unspecified atom stereocenters. The molecule has 7 heteroatoms. The van der Waals surface area contributed by atoms with E-state index in [0.717, 1.165) is 61.3 Å². The van der Waals surface area contributed by atoms with Gasteiger partial charge in [0.05, 0.1) is 0 Å². The van der Waals surface area contributed by atoms with E-state index in [4.69, 9.17) is 0 Å². The summed E-state index contributed by atoms with van der Waals surface area (Å²) in [6.45, 7) is 6.85. The molecule has 31 heavy (non-hydrogen) atoms. The maximum absolute atomic E-state index is 12.7. The molecule has 2 fully saturated rings. The van der Waals surface area contributed by atoms with E-state index in [1.807, 2.05) is 18.2 Å². The smallest absolute Gasteiger partial charge is 0.223 e. The summed E-state index contributed by atoms with van der Waals surface area (Å²) in [4.78, 5) is 27.8. The summed E-state index contributed by atoms with van der Waals surface area (Å²) in [6.07, 6.45) is 9.11. The monoisotopic (exact) mass is 439 g/mol. The average Bonchev–Trinajstić information content (AvgIpc) is 2.81. The molecule has 1 amide bonds. The lowest BCUT2D eigenvalue weighted by atomic mass is 9.96. The van der Waals surface area contributed by atoms with Crippen LogP contribution in [0.4, 0.5) is 5.82 Å². The molecule has 1 aromatic heterocycles. The van der Waals surface area contributed by atoms with Crippen molar-refractivity contribution in [3.63, 3.8) is 0 Å². The number of hydrogen-bond donors (Lipinski definition) is 1. The standard InChI is InChI=1S/C24H33N5OS/c1-19-7-5-6-15-28(19)18-14-26-23(30)20-10-16-29(17-11-20)22-24(27-13-12-25-22)31-21-8-3-2-4-9-21/h2-4,8-9,12-13,19-20H,5-7,10-11,14-18H2,1H3,(H,26,30)/t19-/m0/s1. The minimum Gasteiger partial charge on any atom is -0.355 e. The van der Waals surface area contributed by atoms with E-state index in [-0.39, 0.29) is 11.8 Å². The predicted octanol–water partition coefficient (Wildman–Crippen LogP) is 3.83. The second-order valence-electron chi connectivity index (χ2n) is 8.53. The first kappa shape index (κ1) is 22.1. The highest BCUT2D eigenvalue weighted by Crippen LogP contribution is 2.33. The van der Waals surface area contributed by atoms with Gasteiger partial charge in [-0.25, -0.2) is 9.97 Å². The third-order valence-electron chi connectivity index (χ3n) is 6.41. The highest BCUT2D eigenvalue weighted by atomic mass is 32.2. The Morgan fingerprint density at radius 3 is 2.61 bits per heavy atom. The van der Waals surface area contributed by atoms with Crippen molar-refractivity contribution < 1.29 is 4.79 Å². The number of nitrogens with one attached hydrogen (secondary N) is 1. The van der Waals surface area contributed by atoms with Gasteiger partial charge in [-0.05, 0) is 51.3 Å². The first-order valence-electron chi connectivity index (χ1n) is 11.5. The van der Waals surface area contributed by atoms with Crippen molar-refractivity contribution in [2.45, 2.75) is 55.0 Å². The largest absolute Gasteiger partial charge is 0.355 e. The Bertz CT molecular complexity index is 841. The maximum atomic E-state index is 12.7. The van der Waals surface area contributed by atoms with E-state index >= 15 is 0 Å². The number of likely N-dealkylation sites (tertiary alicyclic amines) is 1. The number of nitrogens with zero attached hydrogens (tertiary/aromatic N) is 4. The molecule has 2 aliphatic heterocycles. The molecule has 0 saturated carbocycles. The van der Waals surface area contributed by atoms with Crippen LogP contribution in [0.25, 0.3) is 0 Å². The molecule has 0 spiro atoms. The van der Waals surface area contributed by atoms with E-state index in [1.165, 1.54) is 19.3 Å². The molecule has 6 nitrogen and oxygen atoms in total. The van der Waals surface area contributed by atoms with Crippen LogP contribution in [0.5, 0.6) is 0 Å². The SMILES string of the molecule is C[C@H]1CCCCN1CCNC(=O)C1CCN(c2nccnc2Sc2ccccc2)CC1. The van der Waals surface area contributed by atoms with Crippen molar-refractivity contribution >= 4 is 23.5 Å². The van der Waals surface area contributed by atoms with Crippen LogP contribution in [0.1, 0.15) is 39.0 Å². The topological polar surface area (TPSA) is 61.4 Å². The lowest BCUT2D eigenvalue weighted by Gasteiger charge is -2.34. The zero-order valence-corrected chi connectivity index (χ0v) is 19.2. The van der Waals surface area contributed by atoms with Gasteiger partial charge in [0.2, 0.25) is 5.91 Å². The van der Waals surface area contributed by atoms with Crippen LogP contribution >= 0.6 is 11.8 Å². The second-order valence-corrected chi connectivity index (χ2v) is 9.60. The van der Waals surface area contributed by atoms with E-state index in [9.17, 15) is 4.79 Å². The predicted molar refractivity (Wildman–Crippen MR) is 125 cm³/mol. The number of rotatable bonds is 7. The van der Waals surface area contributed by atoms with Gasteiger partial charge in [-0.15, -0.1) is 0 Å². The summed E-state index contributed by atoms with van der Waals surface area (Å²) in [6, 6.07) is 10.9. The van der Waals surface area contributed by atoms with Crippen molar-refractivity contribution in [1.29, 1.82) is 0 Å². The molecule has 1 N–H and O–H groups in total. The van der Waals surface area contributed by atoms with Crippen molar-refractivity contribution in [1.82, 2.24) is 20.2 Å². The molecule has 2 aromatic rings. The van der Waals surface area contributed by atoms with Crippen LogP contribution in [-0.2, 0) is 4.79 Å². The number of amides is 1. The number of benzene rings is 1. The minimum absolute atomic E-state index is 0.0944. The normalized spacial score (nSPS) is 20.5. The van der Waals surface area contributed by atoms with Gasteiger partial charge < -0.3 is 10.2 Å². The Kier molecular flexibility index (Phi) is 7.81. The average molecular weight is 440 g/mol. The third-order valence-corrected chi connectivity index (χ3v) is 7.40. The van der Waals surface area contributed by atoms with Crippen LogP contribution in [-0.4, -0.2) is 59.5 Å². The molecule has 4 rings (SSSR count). The van der Waals surface area contributed by atoms with Gasteiger partial charge in [0.25, 0.3) is 0 Å². The number of anilines is 1. The summed E-state index contributed by atoms with van der Waals surface area (Å²) in [7, 11) is 0. The molecule has 3 heterocycles. The maximum Gasteiger partial charge on any atom is 0.223 e. The quantitative estimate of drug-likeness (QED) is 0.707. The molecule has 0 bridgehead atoms. The zero-order chi connectivity index (χ0) is 21.5. The van der Waals surface area contributed by atoms with Gasteiger partial charge in [0, 0.05) is 55.4 Å². The molecule has 0 radical (unpaired) electrons. The summed E-state index contributed by atoms with van der Waals surface area (Å²) >= 11 is 1.64. The van der Waals surface area contributed by atoms with Crippen molar-refractivity contribution in [3.8, 4) is 0 Å². The molecular formula is C24H33N5OS. The van der Waals surface area contributed by atoms with Crippen LogP contribution in [0, 0.1) is 5.92 Å². The number of hydrogen-bond acceptors (Lipinski definition) is 6. The van der Waals surface area contributed by atoms with Gasteiger partial charge in [0.15, 0.2) is 5.82 Å². The third kappa shape index (κ3) is 5.98. The minimum atomic E-state index is 0.0944. The van der Waals surface area contributed by atoms with Gasteiger partial charge >= 0.3 is 0 Å². The number of carbonyl (C=O) groups is 1.